The summed E-state index contributed by atoms with van der Waals surface area (Å²) in [7, 11) is 1.52. The summed E-state index contributed by atoms with van der Waals surface area (Å²) >= 11 is 7.49. The molecule has 0 radical (unpaired) electrons. The van der Waals surface area contributed by atoms with E-state index in [1.54, 1.807) is 0 Å². The van der Waals surface area contributed by atoms with Crippen LogP contribution in [0.2, 0.25) is 0 Å². The lowest BCUT2D eigenvalue weighted by Crippen LogP contribution is -2.09. The van der Waals surface area contributed by atoms with Crippen molar-refractivity contribution >= 4 is 57.2 Å². The Kier molecular flexibility index (Phi) is 4.56. The summed E-state index contributed by atoms with van der Waals surface area (Å²) in [5.41, 5.74) is 0. The maximum absolute atomic E-state index is 4.15. The van der Waals surface area contributed by atoms with Gasteiger partial charge in [-0.05, 0) is 4.90 Å². The van der Waals surface area contributed by atoms with Crippen molar-refractivity contribution in [2.45, 2.75) is 4.90 Å². The molecule has 0 aromatic heterocycles. The molecule has 0 amide bonds. The fourth-order valence-corrected chi connectivity index (χ4v) is 4.86. The van der Waals surface area contributed by atoms with Gasteiger partial charge in [0.15, 0.2) is 0 Å². The molecule has 0 aliphatic rings. The number of thiol groups is 1. The summed E-state index contributed by atoms with van der Waals surface area (Å²) in [5, 5.41) is 0. The molecule has 10 heavy (non-hydrogen) atoms. The Morgan fingerprint density at radius 1 is 1.40 bits per heavy atom. The van der Waals surface area contributed by atoms with Crippen molar-refractivity contribution in [3.05, 3.63) is 24.3 Å². The minimum atomic E-state index is -0.206. The first kappa shape index (κ1) is 9.26. The molecule has 1 rings (SSSR count). The third-order valence-electron chi connectivity index (χ3n) is 1.21. The second-order valence-corrected chi connectivity index (χ2v) is 5.71. The Morgan fingerprint density at radius 3 is 2.60 bits per heavy atom. The molecular weight excluding hydrogens is 240 g/mol. The molecule has 0 saturated carbocycles. The molecule has 0 aliphatic heterocycles. The highest BCUT2D eigenvalue weighted by atomic mass is 79.9. The largest absolute Gasteiger partial charge is 0.508 e. The second kappa shape index (κ2) is 4.93. The third kappa shape index (κ3) is 2.34. The first-order chi connectivity index (χ1) is 4.88. The number of halogens is 1. The van der Waals surface area contributed by atoms with Crippen LogP contribution in [0.25, 0.3) is 0 Å². The third-order valence-corrected chi connectivity index (χ3v) is 5.37. The van der Waals surface area contributed by atoms with Crippen molar-refractivity contribution < 1.29 is 0 Å². The van der Waals surface area contributed by atoms with Crippen molar-refractivity contribution in [1.29, 1.82) is 0 Å². The van der Waals surface area contributed by atoms with Crippen molar-refractivity contribution in [3.63, 3.8) is 0 Å². The summed E-state index contributed by atoms with van der Waals surface area (Å²) < 4.78 is 1.43. The summed E-state index contributed by atoms with van der Waals surface area (Å²) in [6.45, 7) is 0. The van der Waals surface area contributed by atoms with E-state index in [9.17, 15) is 0 Å². The van der Waals surface area contributed by atoms with Crippen molar-refractivity contribution in [3.8, 4) is 0 Å². The highest BCUT2D eigenvalue weighted by Crippen LogP contribution is 2.18. The van der Waals surface area contributed by atoms with Gasteiger partial charge < -0.3 is 0 Å². The van der Waals surface area contributed by atoms with Crippen LogP contribution in [0.1, 0.15) is 0 Å². The molecule has 0 saturated heterocycles. The van der Waals surface area contributed by atoms with Crippen molar-refractivity contribution in [2.24, 2.45) is 0 Å². The summed E-state index contributed by atoms with van der Waals surface area (Å²) in [4.78, 5) is 1.29. The standard InChI is InChI=1S/C6H5S2.BrH.Mg/c7-8-6-4-2-1-3-5-6;;/h1-4,7H;1H;/q;;+1/p-1. The Balaban J connectivity index is 2.96. The Morgan fingerprint density at radius 2 is 2.10 bits per heavy atom. The van der Waals surface area contributed by atoms with Crippen LogP contribution in [0.15, 0.2) is 29.2 Å². The van der Waals surface area contributed by atoms with Gasteiger partial charge in [0.25, 0.3) is 0 Å². The molecular formula is C6H5BrMgS2. The minimum absolute atomic E-state index is 0.206. The van der Waals surface area contributed by atoms with E-state index in [-0.39, 0.29) is 18.2 Å². The molecule has 0 heterocycles. The topological polar surface area (TPSA) is 0 Å². The fraction of sp³-hybridized carbons (Fsp3) is 0. The first-order valence-electron chi connectivity index (χ1n) is 2.83. The monoisotopic (exact) mass is 244 g/mol. The lowest BCUT2D eigenvalue weighted by Gasteiger charge is -2.00. The molecule has 0 bridgehead atoms. The number of hydrogen-bond donors (Lipinski definition) is 1. The molecule has 0 atom stereocenters. The fourth-order valence-electron chi connectivity index (χ4n) is 0.703. The molecule has 0 spiro atoms. The Hall–Kier alpha value is 1.17. The Bertz CT molecular complexity index is 194. The van der Waals surface area contributed by atoms with Gasteiger partial charge in [-0.3, -0.25) is 12.9 Å². The van der Waals surface area contributed by atoms with Gasteiger partial charge in [0, 0.05) is 0 Å². The van der Waals surface area contributed by atoms with Gasteiger partial charge in [-0.2, -0.15) is 0 Å². The van der Waals surface area contributed by atoms with Gasteiger partial charge in [-0.1, -0.05) is 35.1 Å². The molecule has 0 nitrogen and oxygen atoms in total. The van der Waals surface area contributed by atoms with Crippen molar-refractivity contribution in [2.75, 3.05) is 0 Å². The number of rotatable bonds is 2. The molecule has 50 valence electrons. The van der Waals surface area contributed by atoms with E-state index in [2.05, 4.69) is 42.7 Å². The predicted molar refractivity (Wildman–Crippen MR) is 55.6 cm³/mol. The lowest BCUT2D eigenvalue weighted by molar-refractivity contribution is 1.54. The summed E-state index contributed by atoms with van der Waals surface area (Å²) in [5.74, 6) is 0. The van der Waals surface area contributed by atoms with E-state index in [1.165, 1.54) is 19.4 Å². The van der Waals surface area contributed by atoms with Crippen LogP contribution in [0.5, 0.6) is 0 Å². The molecule has 0 aliphatic carbocycles. The zero-order chi connectivity index (χ0) is 7.40. The normalized spacial score (nSPS) is 9.00. The summed E-state index contributed by atoms with van der Waals surface area (Å²) in [6, 6.07) is 8.36. The number of benzene rings is 1. The maximum atomic E-state index is 4.15. The van der Waals surface area contributed by atoms with Crippen LogP contribution in [-0.2, 0) is 0 Å². The maximum Gasteiger partial charge on any atom is 0.508 e. The van der Waals surface area contributed by atoms with Gasteiger partial charge in [-0.15, -0.1) is 15.4 Å². The van der Waals surface area contributed by atoms with E-state index in [0.29, 0.717) is 0 Å². The molecule has 0 unspecified atom stereocenters. The second-order valence-electron chi connectivity index (χ2n) is 1.83. The van der Waals surface area contributed by atoms with Crippen molar-refractivity contribution in [1.82, 2.24) is 0 Å². The molecule has 0 fully saturated rings. The first-order valence-corrected chi connectivity index (χ1v) is 9.31. The van der Waals surface area contributed by atoms with E-state index >= 15 is 0 Å². The average molecular weight is 245 g/mol. The molecule has 1 aromatic rings. The highest BCUT2D eigenvalue weighted by Gasteiger charge is 1.99. The van der Waals surface area contributed by atoms with Crippen LogP contribution in [-0.4, -0.2) is 18.2 Å². The van der Waals surface area contributed by atoms with Gasteiger partial charge in [0.05, 0.1) is 0 Å². The van der Waals surface area contributed by atoms with Gasteiger partial charge in [0.1, 0.15) is 0 Å². The van der Waals surface area contributed by atoms with E-state index in [4.69, 9.17) is 0 Å². The zero-order valence-electron chi connectivity index (χ0n) is 5.25. The smallest absolute Gasteiger partial charge is 0.296 e. The van der Waals surface area contributed by atoms with Gasteiger partial charge >= 0.3 is 18.2 Å². The van der Waals surface area contributed by atoms with Crippen LogP contribution < -0.4 is 3.69 Å². The van der Waals surface area contributed by atoms with Crippen LogP contribution in [0.3, 0.4) is 0 Å². The van der Waals surface area contributed by atoms with E-state index < -0.39 is 0 Å². The van der Waals surface area contributed by atoms with Crippen LogP contribution in [0.4, 0.5) is 0 Å². The quantitative estimate of drug-likeness (QED) is 0.474. The van der Waals surface area contributed by atoms with Crippen LogP contribution in [0, 0.1) is 0 Å². The average Bonchev–Trinajstić information content (AvgIpc) is 2.04. The molecule has 4 heteroatoms. The zero-order valence-corrected chi connectivity index (χ0v) is 9.96. The van der Waals surface area contributed by atoms with Gasteiger partial charge in [-0.25, -0.2) is 0 Å². The summed E-state index contributed by atoms with van der Waals surface area (Å²) in [6.07, 6.45) is 0. The Labute approximate surface area is 85.6 Å². The van der Waals surface area contributed by atoms with E-state index in [1.807, 2.05) is 6.07 Å². The lowest BCUT2D eigenvalue weighted by atomic mass is 10.4. The number of hydrogen-bond acceptors (Lipinski definition) is 2. The minimum Gasteiger partial charge on any atom is -0.296 e. The molecule has 1 aromatic carbocycles. The highest BCUT2D eigenvalue weighted by molar-refractivity contribution is 9.23. The SMILES string of the molecule is SSc1cccc[c]1[Mg][Br]. The van der Waals surface area contributed by atoms with Gasteiger partial charge in [0.2, 0.25) is 0 Å². The molecule has 0 N–H and O–H groups in total. The van der Waals surface area contributed by atoms with E-state index in [0.717, 1.165) is 0 Å². The predicted octanol–water partition coefficient (Wildman–Crippen LogP) is 2.26. The van der Waals surface area contributed by atoms with Crippen LogP contribution >= 0.6 is 35.3 Å².